The SMILES string of the molecule is Cc1c(NC(=O)C2(N)CCCCC2)cccc1OCC(F)(F)F.Cl. The number of carbonyl (C=O) groups is 1. The number of hydrogen-bond acceptors (Lipinski definition) is 3. The number of anilines is 1. The van der Waals surface area contributed by atoms with E-state index in [4.69, 9.17) is 10.5 Å². The number of nitrogens with one attached hydrogen (secondary N) is 1. The molecule has 0 aromatic heterocycles. The molecule has 0 aliphatic heterocycles. The second-order valence-electron chi connectivity index (χ2n) is 6.00. The topological polar surface area (TPSA) is 64.4 Å². The zero-order valence-electron chi connectivity index (χ0n) is 13.4. The van der Waals surface area contributed by atoms with Crippen molar-refractivity contribution in [2.75, 3.05) is 11.9 Å². The lowest BCUT2D eigenvalue weighted by Gasteiger charge is -2.32. The van der Waals surface area contributed by atoms with Crippen LogP contribution in [-0.2, 0) is 4.79 Å². The largest absolute Gasteiger partial charge is 0.484 e. The molecular weight excluding hydrogens is 345 g/mol. The Balaban J connectivity index is 0.00000288. The molecule has 8 heteroatoms. The molecular formula is C16H22ClF3N2O2. The van der Waals surface area contributed by atoms with Crippen molar-refractivity contribution in [1.29, 1.82) is 0 Å². The third-order valence-corrected chi connectivity index (χ3v) is 4.12. The molecule has 0 saturated heterocycles. The van der Waals surface area contributed by atoms with Gasteiger partial charge in [0.15, 0.2) is 6.61 Å². The van der Waals surface area contributed by atoms with E-state index in [1.165, 1.54) is 6.07 Å². The van der Waals surface area contributed by atoms with Crippen LogP contribution in [0.25, 0.3) is 0 Å². The van der Waals surface area contributed by atoms with Crippen LogP contribution < -0.4 is 15.8 Å². The first-order chi connectivity index (χ1) is 10.7. The van der Waals surface area contributed by atoms with Crippen molar-refractivity contribution in [2.24, 2.45) is 5.73 Å². The molecule has 1 aromatic rings. The van der Waals surface area contributed by atoms with Gasteiger partial charge in [0.1, 0.15) is 5.75 Å². The normalized spacial score (nSPS) is 16.9. The van der Waals surface area contributed by atoms with Crippen LogP contribution in [0.5, 0.6) is 5.75 Å². The molecule has 0 unspecified atom stereocenters. The Kier molecular flexibility index (Phi) is 6.92. The molecule has 2 rings (SSSR count). The molecule has 1 amide bonds. The van der Waals surface area contributed by atoms with Crippen LogP contribution in [0.15, 0.2) is 18.2 Å². The van der Waals surface area contributed by atoms with Crippen molar-refractivity contribution in [3.05, 3.63) is 23.8 Å². The molecule has 1 aliphatic rings. The van der Waals surface area contributed by atoms with E-state index in [1.807, 2.05) is 0 Å². The van der Waals surface area contributed by atoms with Gasteiger partial charge in [0.05, 0.1) is 5.54 Å². The zero-order valence-corrected chi connectivity index (χ0v) is 14.2. The predicted molar refractivity (Wildman–Crippen MR) is 88.6 cm³/mol. The Bertz CT molecular complexity index is 573. The summed E-state index contributed by atoms with van der Waals surface area (Å²) in [6, 6.07) is 4.60. The zero-order chi connectivity index (χ0) is 17.1. The molecule has 0 radical (unpaired) electrons. The van der Waals surface area contributed by atoms with Gasteiger partial charge in [0.25, 0.3) is 0 Å². The van der Waals surface area contributed by atoms with E-state index in [0.29, 0.717) is 24.1 Å². The van der Waals surface area contributed by atoms with Gasteiger partial charge >= 0.3 is 6.18 Å². The summed E-state index contributed by atoms with van der Waals surface area (Å²) in [5, 5.41) is 2.73. The summed E-state index contributed by atoms with van der Waals surface area (Å²) in [5.74, 6) is -0.205. The highest BCUT2D eigenvalue weighted by atomic mass is 35.5. The number of carbonyl (C=O) groups excluding carboxylic acids is 1. The van der Waals surface area contributed by atoms with E-state index >= 15 is 0 Å². The van der Waals surface area contributed by atoms with Gasteiger partial charge in [-0.05, 0) is 31.9 Å². The summed E-state index contributed by atoms with van der Waals surface area (Å²) in [7, 11) is 0. The summed E-state index contributed by atoms with van der Waals surface area (Å²) in [6.45, 7) is 0.234. The highest BCUT2D eigenvalue weighted by molar-refractivity contribution is 5.98. The first-order valence-electron chi connectivity index (χ1n) is 7.61. The Labute approximate surface area is 145 Å². The van der Waals surface area contributed by atoms with E-state index in [1.54, 1.807) is 19.1 Å². The third kappa shape index (κ3) is 5.27. The standard InChI is InChI=1S/C16H21F3N2O2.ClH/c1-11-12(6-5-7-13(11)23-10-16(17,18)19)21-14(22)15(20)8-3-2-4-9-15;/h5-7H,2-4,8-10,20H2,1H3,(H,21,22);1H. The van der Waals surface area contributed by atoms with Gasteiger partial charge in [0, 0.05) is 11.3 Å². The number of alkyl halides is 3. The van der Waals surface area contributed by atoms with Crippen LogP contribution in [0, 0.1) is 6.92 Å². The molecule has 0 heterocycles. The average molecular weight is 367 g/mol. The summed E-state index contributed by atoms with van der Waals surface area (Å²) in [4.78, 5) is 12.4. The van der Waals surface area contributed by atoms with Crippen LogP contribution in [0.2, 0.25) is 0 Å². The quantitative estimate of drug-likeness (QED) is 0.847. The molecule has 1 aromatic carbocycles. The molecule has 0 atom stereocenters. The fourth-order valence-corrected chi connectivity index (χ4v) is 2.72. The van der Waals surface area contributed by atoms with Gasteiger partial charge in [-0.3, -0.25) is 4.79 Å². The number of ether oxygens (including phenoxy) is 1. The van der Waals surface area contributed by atoms with Crippen molar-refractivity contribution in [3.8, 4) is 5.75 Å². The molecule has 1 aliphatic carbocycles. The highest BCUT2D eigenvalue weighted by Gasteiger charge is 2.35. The maximum atomic E-state index is 12.4. The summed E-state index contributed by atoms with van der Waals surface area (Å²) < 4.78 is 41.6. The van der Waals surface area contributed by atoms with Crippen molar-refractivity contribution in [1.82, 2.24) is 0 Å². The minimum absolute atomic E-state index is 0. The molecule has 3 N–H and O–H groups in total. The van der Waals surface area contributed by atoms with Crippen molar-refractivity contribution >= 4 is 24.0 Å². The molecule has 136 valence electrons. The number of nitrogens with two attached hydrogens (primary N) is 1. The van der Waals surface area contributed by atoms with Gasteiger partial charge < -0.3 is 15.8 Å². The number of amides is 1. The Hall–Kier alpha value is -1.47. The molecule has 4 nitrogen and oxygen atoms in total. The predicted octanol–water partition coefficient (Wildman–Crippen LogP) is 3.96. The van der Waals surface area contributed by atoms with Crippen LogP contribution in [0.4, 0.5) is 18.9 Å². The second-order valence-corrected chi connectivity index (χ2v) is 6.00. The van der Waals surface area contributed by atoms with Gasteiger partial charge in [-0.2, -0.15) is 13.2 Å². The average Bonchev–Trinajstić information content (AvgIpc) is 2.48. The lowest BCUT2D eigenvalue weighted by atomic mass is 9.82. The van der Waals surface area contributed by atoms with Crippen LogP contribution in [0.1, 0.15) is 37.7 Å². The lowest BCUT2D eigenvalue weighted by Crippen LogP contribution is -2.52. The number of rotatable bonds is 4. The first kappa shape index (κ1) is 20.6. The van der Waals surface area contributed by atoms with Crippen molar-refractivity contribution < 1.29 is 22.7 Å². The summed E-state index contributed by atoms with van der Waals surface area (Å²) in [5.41, 5.74) is 6.12. The number of halogens is 4. The Morgan fingerprint density at radius 3 is 2.50 bits per heavy atom. The lowest BCUT2D eigenvalue weighted by molar-refractivity contribution is -0.153. The van der Waals surface area contributed by atoms with E-state index in [9.17, 15) is 18.0 Å². The van der Waals surface area contributed by atoms with E-state index in [0.717, 1.165) is 19.3 Å². The third-order valence-electron chi connectivity index (χ3n) is 4.12. The monoisotopic (exact) mass is 366 g/mol. The molecule has 24 heavy (non-hydrogen) atoms. The summed E-state index contributed by atoms with van der Waals surface area (Å²) >= 11 is 0. The van der Waals surface area contributed by atoms with Gasteiger partial charge in [-0.15, -0.1) is 12.4 Å². The van der Waals surface area contributed by atoms with E-state index in [2.05, 4.69) is 5.32 Å². The van der Waals surface area contributed by atoms with Gasteiger partial charge in [-0.1, -0.05) is 25.3 Å². The van der Waals surface area contributed by atoms with Gasteiger partial charge in [0.2, 0.25) is 5.91 Å². The molecule has 1 saturated carbocycles. The van der Waals surface area contributed by atoms with Crippen molar-refractivity contribution in [3.63, 3.8) is 0 Å². The first-order valence-corrected chi connectivity index (χ1v) is 7.61. The van der Waals surface area contributed by atoms with Gasteiger partial charge in [-0.25, -0.2) is 0 Å². The van der Waals surface area contributed by atoms with Crippen molar-refractivity contribution in [2.45, 2.75) is 50.7 Å². The molecule has 0 bridgehead atoms. The Morgan fingerprint density at radius 2 is 1.92 bits per heavy atom. The number of hydrogen-bond donors (Lipinski definition) is 2. The fourth-order valence-electron chi connectivity index (χ4n) is 2.72. The van der Waals surface area contributed by atoms with Crippen LogP contribution in [-0.4, -0.2) is 24.2 Å². The fraction of sp³-hybridized carbons (Fsp3) is 0.562. The minimum atomic E-state index is -4.41. The van der Waals surface area contributed by atoms with E-state index in [-0.39, 0.29) is 24.1 Å². The highest BCUT2D eigenvalue weighted by Crippen LogP contribution is 2.30. The number of benzene rings is 1. The maximum Gasteiger partial charge on any atom is 0.422 e. The second kappa shape index (κ2) is 8.07. The maximum absolute atomic E-state index is 12.4. The Morgan fingerprint density at radius 1 is 1.29 bits per heavy atom. The van der Waals surface area contributed by atoms with E-state index < -0.39 is 18.3 Å². The smallest absolute Gasteiger partial charge is 0.422 e. The summed E-state index contributed by atoms with van der Waals surface area (Å²) in [6.07, 6.45) is -0.319. The minimum Gasteiger partial charge on any atom is -0.484 e. The van der Waals surface area contributed by atoms with Crippen LogP contribution in [0.3, 0.4) is 0 Å². The molecule has 0 spiro atoms. The van der Waals surface area contributed by atoms with Crippen LogP contribution >= 0.6 is 12.4 Å². The molecule has 1 fully saturated rings.